The third-order valence-electron chi connectivity index (χ3n) is 6.30. The van der Waals surface area contributed by atoms with Crippen LogP contribution in [0.4, 0.5) is 4.39 Å². The molecule has 0 fully saturated rings. The van der Waals surface area contributed by atoms with Crippen LogP contribution in [-0.2, 0) is 35.7 Å². The molecule has 1 aromatic heterocycles. The lowest BCUT2D eigenvalue weighted by atomic mass is 9.88. The van der Waals surface area contributed by atoms with Gasteiger partial charge in [0.05, 0.1) is 15.7 Å². The molecule has 12 heteroatoms. The summed E-state index contributed by atoms with van der Waals surface area (Å²) in [4.78, 5) is 26.5. The molecule has 3 rings (SSSR count). The summed E-state index contributed by atoms with van der Waals surface area (Å²) in [5.41, 5.74) is 2.36. The number of halogens is 2. The van der Waals surface area contributed by atoms with Crippen LogP contribution in [0, 0.1) is 5.82 Å². The Labute approximate surface area is 243 Å². The van der Waals surface area contributed by atoms with E-state index in [1.165, 1.54) is 41.0 Å². The summed E-state index contributed by atoms with van der Waals surface area (Å²) in [5, 5.41) is 0.269. The minimum atomic E-state index is -2.21. The van der Waals surface area contributed by atoms with E-state index in [1.54, 1.807) is 19.3 Å². The molecule has 3 aromatic rings. The van der Waals surface area contributed by atoms with Gasteiger partial charge in [-0.3, -0.25) is 14.1 Å². The van der Waals surface area contributed by atoms with Crippen molar-refractivity contribution in [2.45, 2.75) is 51.3 Å². The van der Waals surface area contributed by atoms with Crippen molar-refractivity contribution in [3.8, 4) is 11.1 Å². The first-order valence-electron chi connectivity index (χ1n) is 12.6. The Bertz CT molecular complexity index is 1500. The van der Waals surface area contributed by atoms with Crippen LogP contribution in [0.25, 0.3) is 11.1 Å². The van der Waals surface area contributed by atoms with Crippen LogP contribution in [-0.4, -0.2) is 34.6 Å². The van der Waals surface area contributed by atoms with Gasteiger partial charge in [-0.25, -0.2) is 22.3 Å². The molecule has 8 nitrogen and oxygen atoms in total. The standard InChI is InChI=1S/C28H33ClFN3O5S2/c1-6-25(32-39(36)28(2,3)4)21-15-26(34)33(5)16-23(21)20-13-18(11-12-31-40(37)38)24(29)14-22(20)27(35)17-7-9-19(30)10-8-17/h7-10,13-16,25,31-32H,6,11-12H2,1-5H3,(H,37,38)/t25-,39?/m0/s1. The van der Waals surface area contributed by atoms with Crippen molar-refractivity contribution in [2.75, 3.05) is 6.54 Å². The molecule has 3 atom stereocenters. The zero-order valence-corrected chi connectivity index (χ0v) is 25.3. The second-order valence-corrected chi connectivity index (χ2v) is 13.5. The average Bonchev–Trinajstić information content (AvgIpc) is 2.88. The number of nitrogens with zero attached hydrogens (tertiary/aromatic N) is 1. The zero-order valence-electron chi connectivity index (χ0n) is 22.9. The summed E-state index contributed by atoms with van der Waals surface area (Å²) in [6.07, 6.45) is 2.39. The average molecular weight is 610 g/mol. The quantitative estimate of drug-likeness (QED) is 0.212. The van der Waals surface area contributed by atoms with E-state index in [-0.39, 0.29) is 34.7 Å². The molecule has 0 aliphatic carbocycles. The van der Waals surface area contributed by atoms with Crippen molar-refractivity contribution in [1.29, 1.82) is 0 Å². The Kier molecular flexibility index (Phi) is 10.7. The number of nitrogens with one attached hydrogen (secondary N) is 2. The van der Waals surface area contributed by atoms with Gasteiger partial charge < -0.3 is 4.57 Å². The van der Waals surface area contributed by atoms with Crippen molar-refractivity contribution in [1.82, 2.24) is 14.0 Å². The van der Waals surface area contributed by atoms with E-state index in [4.69, 9.17) is 16.2 Å². The van der Waals surface area contributed by atoms with Gasteiger partial charge in [0.25, 0.3) is 5.56 Å². The van der Waals surface area contributed by atoms with Crippen LogP contribution < -0.4 is 15.0 Å². The molecule has 0 spiro atoms. The summed E-state index contributed by atoms with van der Waals surface area (Å²) in [6.45, 7) is 7.55. The van der Waals surface area contributed by atoms with Gasteiger partial charge in [-0.05, 0) is 86.7 Å². The van der Waals surface area contributed by atoms with E-state index in [0.717, 1.165) is 0 Å². The molecule has 2 aromatic carbocycles. The summed E-state index contributed by atoms with van der Waals surface area (Å²) in [5.74, 6) is -0.889. The summed E-state index contributed by atoms with van der Waals surface area (Å²) in [6, 6.07) is 9.37. The van der Waals surface area contributed by atoms with E-state index in [2.05, 4.69) is 9.44 Å². The fraction of sp³-hybridized carbons (Fsp3) is 0.357. The van der Waals surface area contributed by atoms with Gasteiger partial charge >= 0.3 is 0 Å². The molecule has 216 valence electrons. The minimum absolute atomic E-state index is 0.136. The van der Waals surface area contributed by atoms with E-state index in [0.29, 0.717) is 28.7 Å². The lowest BCUT2D eigenvalue weighted by Crippen LogP contribution is -2.36. The van der Waals surface area contributed by atoms with E-state index in [1.807, 2.05) is 27.7 Å². The molecule has 40 heavy (non-hydrogen) atoms. The van der Waals surface area contributed by atoms with Gasteiger partial charge in [0.2, 0.25) is 11.3 Å². The van der Waals surface area contributed by atoms with Gasteiger partial charge in [-0.1, -0.05) is 18.5 Å². The van der Waals surface area contributed by atoms with Crippen molar-refractivity contribution >= 4 is 39.6 Å². The molecule has 0 saturated heterocycles. The number of carbonyl (C=O) groups excluding carboxylic acids is 1. The molecule has 0 aliphatic rings. The first-order valence-corrected chi connectivity index (χ1v) is 15.2. The van der Waals surface area contributed by atoms with Crippen LogP contribution in [0.3, 0.4) is 0 Å². The summed E-state index contributed by atoms with van der Waals surface area (Å²) >= 11 is 4.37. The monoisotopic (exact) mass is 609 g/mol. The molecule has 2 unspecified atom stereocenters. The van der Waals surface area contributed by atoms with Crippen LogP contribution in [0.2, 0.25) is 5.02 Å². The van der Waals surface area contributed by atoms with Gasteiger partial charge in [0.15, 0.2) is 5.78 Å². The Balaban J connectivity index is 2.28. The van der Waals surface area contributed by atoms with Gasteiger partial charge in [0.1, 0.15) is 5.82 Å². The SMILES string of the molecule is CC[C@H](NS(=O)C(C)(C)C)c1cc(=O)n(C)cc1-c1cc(CCNS(=O)O)c(Cl)cc1C(=O)c1ccc(F)cc1. The summed E-state index contributed by atoms with van der Waals surface area (Å²) in [7, 11) is 0.143. The van der Waals surface area contributed by atoms with Crippen LogP contribution >= 0.6 is 11.6 Å². The minimum Gasteiger partial charge on any atom is -0.318 e. The Morgan fingerprint density at radius 3 is 2.35 bits per heavy atom. The van der Waals surface area contributed by atoms with Crippen molar-refractivity contribution in [2.24, 2.45) is 7.05 Å². The Morgan fingerprint density at radius 2 is 1.77 bits per heavy atom. The van der Waals surface area contributed by atoms with Gasteiger partial charge in [-0.2, -0.15) is 0 Å². The molecule has 0 amide bonds. The highest BCUT2D eigenvalue weighted by Crippen LogP contribution is 2.36. The Hall–Kier alpha value is -2.54. The zero-order chi connectivity index (χ0) is 29.8. The van der Waals surface area contributed by atoms with Crippen molar-refractivity contribution < 1.29 is 22.2 Å². The second-order valence-electron chi connectivity index (χ2n) is 10.3. The fourth-order valence-electron chi connectivity index (χ4n) is 4.08. The predicted molar refractivity (Wildman–Crippen MR) is 159 cm³/mol. The molecule has 0 aliphatic heterocycles. The van der Waals surface area contributed by atoms with Gasteiger partial charge in [-0.15, -0.1) is 0 Å². The molecule has 3 N–H and O–H groups in total. The number of rotatable bonds is 11. The van der Waals surface area contributed by atoms with E-state index < -0.39 is 44.6 Å². The lowest BCUT2D eigenvalue weighted by molar-refractivity contribution is 0.103. The predicted octanol–water partition coefficient (Wildman–Crippen LogP) is 4.85. The third kappa shape index (κ3) is 7.80. The number of benzene rings is 2. The topological polar surface area (TPSA) is 118 Å². The number of hydrogen-bond donors (Lipinski definition) is 3. The smallest absolute Gasteiger partial charge is 0.250 e. The fourth-order valence-corrected chi connectivity index (χ4v) is 5.52. The van der Waals surface area contributed by atoms with Crippen molar-refractivity contribution in [3.63, 3.8) is 0 Å². The highest BCUT2D eigenvalue weighted by molar-refractivity contribution is 7.84. The second kappa shape index (κ2) is 13.4. The summed E-state index contributed by atoms with van der Waals surface area (Å²) < 4.78 is 53.2. The molecule has 0 saturated carbocycles. The van der Waals surface area contributed by atoms with Crippen molar-refractivity contribution in [3.05, 3.63) is 92.1 Å². The lowest BCUT2D eigenvalue weighted by Gasteiger charge is -2.26. The number of hydrogen-bond acceptors (Lipinski definition) is 4. The van der Waals surface area contributed by atoms with Crippen LogP contribution in [0.5, 0.6) is 0 Å². The number of pyridine rings is 1. The molecular formula is C28H33ClFN3O5S2. The maximum atomic E-state index is 13.7. The highest BCUT2D eigenvalue weighted by Gasteiger charge is 2.27. The first-order chi connectivity index (χ1) is 18.7. The number of aromatic nitrogens is 1. The largest absolute Gasteiger partial charge is 0.318 e. The number of ketones is 1. The van der Waals surface area contributed by atoms with Crippen LogP contribution in [0.1, 0.15) is 67.2 Å². The van der Waals surface area contributed by atoms with E-state index >= 15 is 0 Å². The molecule has 0 bridgehead atoms. The third-order valence-corrected chi connectivity index (χ3v) is 8.71. The molecule has 1 heterocycles. The molecule has 0 radical (unpaired) electrons. The number of aryl methyl sites for hydroxylation is 1. The molecular weight excluding hydrogens is 577 g/mol. The normalized spacial score (nSPS) is 14.1. The Morgan fingerprint density at radius 1 is 1.12 bits per heavy atom. The highest BCUT2D eigenvalue weighted by atomic mass is 35.5. The van der Waals surface area contributed by atoms with Gasteiger partial charge in [0, 0.05) is 53.6 Å². The first kappa shape index (κ1) is 32.0. The maximum absolute atomic E-state index is 13.7. The van der Waals surface area contributed by atoms with E-state index in [9.17, 15) is 22.4 Å². The maximum Gasteiger partial charge on any atom is 0.250 e. The number of carbonyl (C=O) groups is 1. The van der Waals surface area contributed by atoms with Crippen LogP contribution in [0.15, 0.2) is 53.5 Å².